The van der Waals surface area contributed by atoms with Gasteiger partial charge in [-0.05, 0) is 0 Å². The molecule has 25 valence electrons. The van der Waals surface area contributed by atoms with E-state index in [0.717, 1.165) is 0 Å². The van der Waals surface area contributed by atoms with Crippen LogP contribution in [0.2, 0.25) is 0 Å². The summed E-state index contributed by atoms with van der Waals surface area (Å²) < 4.78 is 0. The second-order valence-electron chi connectivity index (χ2n) is 0. The van der Waals surface area contributed by atoms with Crippen molar-refractivity contribution in [3.05, 3.63) is 0 Å². The molecule has 0 rings (SSSR count). The molecule has 0 spiro atoms. The molecule has 4 heteroatoms. The Morgan fingerprint density at radius 2 is 1.25 bits per heavy atom. The van der Waals surface area contributed by atoms with Gasteiger partial charge in [-0.15, -0.1) is 0 Å². The maximum absolute atomic E-state index is 0. The third kappa shape index (κ3) is 9.51. The van der Waals surface area contributed by atoms with Crippen LogP contribution < -0.4 is 18.9 Å². The van der Waals surface area contributed by atoms with Gasteiger partial charge >= 0.3 is 18.9 Å². The van der Waals surface area contributed by atoms with Crippen LogP contribution in [0.25, 0.3) is 0 Å². The van der Waals surface area contributed by atoms with Gasteiger partial charge in [0.25, 0.3) is 0 Å². The van der Waals surface area contributed by atoms with Crippen LogP contribution in [0.3, 0.4) is 0 Å². The van der Waals surface area contributed by atoms with Crippen molar-refractivity contribution >= 4 is 17.4 Å². The third-order valence-electron chi connectivity index (χ3n) is 0. The summed E-state index contributed by atoms with van der Waals surface area (Å²) in [4.78, 5) is 0. The summed E-state index contributed by atoms with van der Waals surface area (Å²) in [5.74, 6) is 0. The molecular formula is H6AlCoLiO. The minimum atomic E-state index is 0. The number of rotatable bonds is 0. The summed E-state index contributed by atoms with van der Waals surface area (Å²) in [5.41, 5.74) is 0. The monoisotopic (exact) mass is 115 g/mol. The predicted molar refractivity (Wildman–Crippen MR) is 14.7 cm³/mol. The molecule has 0 bridgehead atoms. The topological polar surface area (TPSA) is 31.5 Å². The average molecular weight is 115 g/mol. The van der Waals surface area contributed by atoms with Gasteiger partial charge in [-0.1, -0.05) is 0 Å². The van der Waals surface area contributed by atoms with E-state index in [2.05, 4.69) is 0 Å². The van der Waals surface area contributed by atoms with Crippen molar-refractivity contribution in [1.29, 1.82) is 0 Å². The summed E-state index contributed by atoms with van der Waals surface area (Å²) in [5, 5.41) is 0. The first-order valence-corrected chi connectivity index (χ1v) is 0. The van der Waals surface area contributed by atoms with Crippen molar-refractivity contribution in [2.75, 3.05) is 0 Å². The molecule has 0 aromatic rings. The van der Waals surface area contributed by atoms with E-state index in [1.165, 1.54) is 0 Å². The quantitative estimate of drug-likeness (QED) is 0.283. The molecule has 2 N–H and O–H groups in total. The molecule has 0 aliphatic carbocycles. The van der Waals surface area contributed by atoms with Gasteiger partial charge in [-0.25, -0.2) is 0 Å². The Hall–Kier alpha value is 1.60. The molecule has 1 nitrogen and oxygen atoms in total. The van der Waals surface area contributed by atoms with Crippen LogP contribution in [0.5, 0.6) is 0 Å². The van der Waals surface area contributed by atoms with Crippen LogP contribution >= 0.6 is 0 Å². The zero-order chi connectivity index (χ0) is 0. The Morgan fingerprint density at radius 1 is 1.25 bits per heavy atom. The minimum absolute atomic E-state index is 0. The zero-order valence-electron chi connectivity index (χ0n) is 2.83. The van der Waals surface area contributed by atoms with E-state index in [4.69, 9.17) is 0 Å². The summed E-state index contributed by atoms with van der Waals surface area (Å²) in [7, 11) is 0. The Bertz CT molecular complexity index is 11.6. The van der Waals surface area contributed by atoms with Crippen molar-refractivity contribution in [3.8, 4) is 0 Å². The first kappa shape index (κ1) is 46.4. The van der Waals surface area contributed by atoms with Gasteiger partial charge in [-0.2, -0.15) is 0 Å². The van der Waals surface area contributed by atoms with Crippen LogP contribution in [0.1, 0.15) is 1.43 Å². The van der Waals surface area contributed by atoms with Crippen molar-refractivity contribution < 1.29 is 42.5 Å². The zero-order valence-corrected chi connectivity index (χ0v) is 2.87. The van der Waals surface area contributed by atoms with E-state index in [1.807, 2.05) is 0 Å². The molecule has 0 heterocycles. The fraction of sp³-hybridized carbons (Fsp3) is 0. The van der Waals surface area contributed by atoms with E-state index in [-0.39, 0.29) is 59.9 Å². The van der Waals surface area contributed by atoms with Crippen molar-refractivity contribution in [2.45, 2.75) is 0 Å². The summed E-state index contributed by atoms with van der Waals surface area (Å²) in [6.45, 7) is 0. The van der Waals surface area contributed by atoms with Crippen LogP contribution in [0.4, 0.5) is 0 Å². The standard InChI is InChI=1S/Al.Co.Li.H2O.4H/h;;;1H2;;;;/q;;+1;;;;;-1. The van der Waals surface area contributed by atoms with E-state index in [1.54, 1.807) is 0 Å². The summed E-state index contributed by atoms with van der Waals surface area (Å²) in [6, 6.07) is 0. The van der Waals surface area contributed by atoms with Crippen molar-refractivity contribution in [2.24, 2.45) is 0 Å². The normalized spacial score (nSPS) is 0. The van der Waals surface area contributed by atoms with E-state index in [0.29, 0.717) is 0 Å². The molecule has 1 radical (unpaired) electrons. The Morgan fingerprint density at radius 3 is 1.25 bits per heavy atom. The fourth-order valence-corrected chi connectivity index (χ4v) is 0. The average Bonchev–Trinajstić information content (AvgIpc) is 0. The molecule has 0 aliphatic rings. The van der Waals surface area contributed by atoms with Crippen molar-refractivity contribution in [3.63, 3.8) is 0 Å². The van der Waals surface area contributed by atoms with Gasteiger partial charge in [0, 0.05) is 16.8 Å². The maximum Gasteiger partial charge on any atom is 1.00 e. The van der Waals surface area contributed by atoms with Crippen LogP contribution in [0, 0.1) is 0 Å². The third-order valence-corrected chi connectivity index (χ3v) is 0. The van der Waals surface area contributed by atoms with Crippen LogP contribution in [-0.4, -0.2) is 22.8 Å². The Balaban J connectivity index is 0. The smallest absolute Gasteiger partial charge is 1.00 e. The van der Waals surface area contributed by atoms with E-state index in [9.17, 15) is 0 Å². The van der Waals surface area contributed by atoms with Gasteiger partial charge in [0.05, 0.1) is 0 Å². The largest absolute Gasteiger partial charge is 1.00 e. The Kier molecular flexibility index (Phi) is 271. The van der Waals surface area contributed by atoms with Gasteiger partial charge in [-0.3, -0.25) is 0 Å². The van der Waals surface area contributed by atoms with Gasteiger partial charge in [0.2, 0.25) is 0 Å². The predicted octanol–water partition coefficient (Wildman–Crippen LogP) is -4.89. The fourth-order valence-electron chi connectivity index (χ4n) is 0. The van der Waals surface area contributed by atoms with E-state index < -0.39 is 0 Å². The molecule has 0 aromatic heterocycles. The first-order chi connectivity index (χ1) is 0. The number of hydrogen-bond acceptors (Lipinski definition) is 0. The molecule has 0 unspecified atom stereocenters. The molecule has 0 atom stereocenters. The molecule has 0 saturated heterocycles. The second kappa shape index (κ2) is 23.3. The first-order valence-electron chi connectivity index (χ1n) is 0. The molecule has 0 amide bonds. The van der Waals surface area contributed by atoms with Gasteiger partial charge < -0.3 is 6.90 Å². The maximum atomic E-state index is 0. The van der Waals surface area contributed by atoms with Crippen LogP contribution in [0.15, 0.2) is 0 Å². The van der Waals surface area contributed by atoms with Crippen LogP contribution in [-0.2, 0) is 16.8 Å². The minimum Gasteiger partial charge on any atom is -1.00 e. The molecular weight excluding hydrogens is 109 g/mol. The van der Waals surface area contributed by atoms with Gasteiger partial charge in [0.15, 0.2) is 17.4 Å². The molecule has 4 heavy (non-hydrogen) atoms. The molecule has 0 fully saturated rings. The summed E-state index contributed by atoms with van der Waals surface area (Å²) >= 11 is 0. The second-order valence-corrected chi connectivity index (χ2v) is 0. The molecule has 0 aliphatic heterocycles. The van der Waals surface area contributed by atoms with Crippen molar-refractivity contribution in [1.82, 2.24) is 0 Å². The number of hydrogen-bond donors (Lipinski definition) is 0. The van der Waals surface area contributed by atoms with Gasteiger partial charge in [0.1, 0.15) is 0 Å². The molecule has 0 saturated carbocycles. The molecule has 0 aromatic carbocycles. The SMILES string of the molecule is O.[AlH3].[Co].[H-].[Li+]. The Labute approximate surface area is 59.8 Å². The van der Waals surface area contributed by atoms with E-state index >= 15 is 0 Å². The summed E-state index contributed by atoms with van der Waals surface area (Å²) in [6.07, 6.45) is 0.